The second-order valence-corrected chi connectivity index (χ2v) is 8.91. The fourth-order valence-electron chi connectivity index (χ4n) is 2.62. The highest BCUT2D eigenvalue weighted by atomic mass is 32.2. The van der Waals surface area contributed by atoms with E-state index in [1.165, 1.54) is 4.70 Å². The van der Waals surface area contributed by atoms with E-state index >= 15 is 0 Å². The quantitative estimate of drug-likeness (QED) is 0.843. The summed E-state index contributed by atoms with van der Waals surface area (Å²) in [5.41, 5.74) is 1.02. The van der Waals surface area contributed by atoms with Gasteiger partial charge in [0, 0.05) is 13.0 Å². The van der Waals surface area contributed by atoms with Crippen molar-refractivity contribution in [2.75, 3.05) is 18.1 Å². The number of nitrogens with zero attached hydrogens (tertiary/aromatic N) is 1. The number of carbonyl (C=O) groups is 1. The van der Waals surface area contributed by atoms with Crippen LogP contribution in [0.5, 0.6) is 0 Å². The Bertz CT molecular complexity index is 750. The van der Waals surface area contributed by atoms with Crippen LogP contribution in [-0.4, -0.2) is 37.4 Å². The number of hydrogen-bond acceptors (Lipinski definition) is 5. The van der Waals surface area contributed by atoms with Crippen molar-refractivity contribution in [1.82, 2.24) is 10.3 Å². The summed E-state index contributed by atoms with van der Waals surface area (Å²) in [6, 6.07) is 8.03. The Kier molecular flexibility index (Phi) is 4.44. The molecule has 0 bridgehead atoms. The lowest BCUT2D eigenvalue weighted by atomic mass is 10.1. The van der Waals surface area contributed by atoms with E-state index in [4.69, 9.17) is 0 Å². The number of amides is 1. The molecule has 5 nitrogen and oxygen atoms in total. The van der Waals surface area contributed by atoms with E-state index < -0.39 is 9.84 Å². The average molecular weight is 338 g/mol. The number of thiazole rings is 1. The summed E-state index contributed by atoms with van der Waals surface area (Å²) in [5.74, 6) is -0.370. The zero-order valence-electron chi connectivity index (χ0n) is 12.1. The van der Waals surface area contributed by atoms with Crippen molar-refractivity contribution >= 4 is 37.3 Å². The molecule has 1 aromatic carbocycles. The van der Waals surface area contributed by atoms with E-state index in [0.717, 1.165) is 23.4 Å². The summed E-state index contributed by atoms with van der Waals surface area (Å²) in [6.07, 6.45) is 2.08. The predicted octanol–water partition coefficient (Wildman–Crippen LogP) is 1.78. The molecule has 1 atom stereocenters. The number of hydrogen-bond donors (Lipinski definition) is 1. The van der Waals surface area contributed by atoms with Crippen molar-refractivity contribution in [2.24, 2.45) is 5.92 Å². The Hall–Kier alpha value is -1.47. The molecule has 1 aromatic heterocycles. The second kappa shape index (κ2) is 6.34. The van der Waals surface area contributed by atoms with Gasteiger partial charge in [0.15, 0.2) is 9.84 Å². The van der Waals surface area contributed by atoms with Crippen LogP contribution in [0.15, 0.2) is 24.3 Å². The third kappa shape index (κ3) is 3.64. The molecule has 1 fully saturated rings. The Morgan fingerprint density at radius 2 is 2.18 bits per heavy atom. The highest BCUT2D eigenvalue weighted by Crippen LogP contribution is 2.22. The summed E-state index contributed by atoms with van der Waals surface area (Å²) >= 11 is 1.68. The molecule has 118 valence electrons. The highest BCUT2D eigenvalue weighted by Gasteiger charge is 2.32. The number of benzene rings is 1. The molecule has 0 unspecified atom stereocenters. The van der Waals surface area contributed by atoms with Gasteiger partial charge < -0.3 is 5.32 Å². The Labute approximate surface area is 133 Å². The molecule has 2 aromatic rings. The number of para-hydroxylation sites is 1. The number of rotatable bonds is 5. The first kappa shape index (κ1) is 15.4. The van der Waals surface area contributed by atoms with Crippen LogP contribution in [0.2, 0.25) is 0 Å². The number of sulfone groups is 1. The van der Waals surface area contributed by atoms with Crippen LogP contribution in [-0.2, 0) is 21.1 Å². The molecule has 22 heavy (non-hydrogen) atoms. The van der Waals surface area contributed by atoms with Gasteiger partial charge in [-0.25, -0.2) is 13.4 Å². The topological polar surface area (TPSA) is 76.1 Å². The van der Waals surface area contributed by atoms with Crippen LogP contribution < -0.4 is 5.32 Å². The molecule has 1 N–H and O–H groups in total. The van der Waals surface area contributed by atoms with Gasteiger partial charge in [-0.15, -0.1) is 11.3 Å². The van der Waals surface area contributed by atoms with Gasteiger partial charge in [-0.1, -0.05) is 12.1 Å². The summed E-state index contributed by atoms with van der Waals surface area (Å²) in [7, 11) is -3.00. The molecule has 7 heteroatoms. The predicted molar refractivity (Wildman–Crippen MR) is 87.7 cm³/mol. The lowest BCUT2D eigenvalue weighted by Gasteiger charge is -2.08. The van der Waals surface area contributed by atoms with Crippen LogP contribution in [0.4, 0.5) is 0 Å². The van der Waals surface area contributed by atoms with Gasteiger partial charge >= 0.3 is 0 Å². The second-order valence-electron chi connectivity index (χ2n) is 5.57. The molecule has 0 spiro atoms. The van der Waals surface area contributed by atoms with Gasteiger partial charge in [0.05, 0.1) is 32.6 Å². The van der Waals surface area contributed by atoms with Gasteiger partial charge in [-0.3, -0.25) is 4.79 Å². The van der Waals surface area contributed by atoms with Gasteiger partial charge in [-0.05, 0) is 25.0 Å². The third-order valence-corrected chi connectivity index (χ3v) is 6.67. The maximum atomic E-state index is 11.9. The van der Waals surface area contributed by atoms with Crippen molar-refractivity contribution in [1.29, 1.82) is 0 Å². The molecule has 3 rings (SSSR count). The van der Waals surface area contributed by atoms with Gasteiger partial charge in [-0.2, -0.15) is 0 Å². The largest absolute Gasteiger partial charge is 0.356 e. The van der Waals surface area contributed by atoms with E-state index in [2.05, 4.69) is 16.4 Å². The zero-order chi connectivity index (χ0) is 15.6. The summed E-state index contributed by atoms with van der Waals surface area (Å²) in [5, 5.41) is 3.91. The van der Waals surface area contributed by atoms with Crippen molar-refractivity contribution in [3.63, 3.8) is 0 Å². The molecule has 1 aliphatic rings. The maximum Gasteiger partial charge on any atom is 0.224 e. The number of nitrogens with one attached hydrogen (secondary N) is 1. The van der Waals surface area contributed by atoms with Crippen molar-refractivity contribution in [3.8, 4) is 0 Å². The molecule has 0 saturated carbocycles. The van der Waals surface area contributed by atoms with E-state index in [1.54, 1.807) is 11.3 Å². The van der Waals surface area contributed by atoms with Crippen LogP contribution in [0.3, 0.4) is 0 Å². The summed E-state index contributed by atoms with van der Waals surface area (Å²) in [6.45, 7) is 0.561. The standard InChI is InChI=1S/C15H18N2O3S2/c18-15(11-7-9-22(19,20)10-11)16-8-3-6-14-17-12-4-1-2-5-13(12)21-14/h1-2,4-5,11H,3,6-10H2,(H,16,18)/t11-/m1/s1. The van der Waals surface area contributed by atoms with E-state index in [-0.39, 0.29) is 23.3 Å². The SMILES string of the molecule is O=C(NCCCc1nc2ccccc2s1)[C@@H]1CCS(=O)(=O)C1. The summed E-state index contributed by atoms with van der Waals surface area (Å²) in [4.78, 5) is 16.4. The van der Waals surface area contributed by atoms with E-state index in [1.807, 2.05) is 18.2 Å². The van der Waals surface area contributed by atoms with Crippen molar-refractivity contribution in [3.05, 3.63) is 29.3 Å². The first-order valence-corrected chi connectivity index (χ1v) is 10.00. The fourth-order valence-corrected chi connectivity index (χ4v) is 5.37. The molecule has 0 radical (unpaired) electrons. The van der Waals surface area contributed by atoms with Crippen LogP contribution in [0.1, 0.15) is 17.8 Å². The number of fused-ring (bicyclic) bond motifs is 1. The van der Waals surface area contributed by atoms with E-state index in [0.29, 0.717) is 13.0 Å². The van der Waals surface area contributed by atoms with Crippen LogP contribution in [0.25, 0.3) is 10.2 Å². The Morgan fingerprint density at radius 1 is 1.36 bits per heavy atom. The molecule has 1 saturated heterocycles. The first-order chi connectivity index (χ1) is 10.5. The molecule has 2 heterocycles. The normalized spacial score (nSPS) is 20.3. The Morgan fingerprint density at radius 3 is 2.91 bits per heavy atom. The molecule has 0 aliphatic carbocycles. The first-order valence-electron chi connectivity index (χ1n) is 7.36. The van der Waals surface area contributed by atoms with Crippen LogP contribution in [0, 0.1) is 5.92 Å². The van der Waals surface area contributed by atoms with Crippen molar-refractivity contribution < 1.29 is 13.2 Å². The highest BCUT2D eigenvalue weighted by molar-refractivity contribution is 7.91. The number of aromatic nitrogens is 1. The van der Waals surface area contributed by atoms with Crippen LogP contribution >= 0.6 is 11.3 Å². The number of carbonyl (C=O) groups excluding carboxylic acids is 1. The van der Waals surface area contributed by atoms with Gasteiger partial charge in [0.2, 0.25) is 5.91 Å². The lowest BCUT2D eigenvalue weighted by Crippen LogP contribution is -2.32. The molecule has 1 aliphatic heterocycles. The molecular weight excluding hydrogens is 320 g/mol. The summed E-state index contributed by atoms with van der Waals surface area (Å²) < 4.78 is 23.9. The molecular formula is C15H18N2O3S2. The zero-order valence-corrected chi connectivity index (χ0v) is 13.8. The minimum atomic E-state index is -3.00. The lowest BCUT2D eigenvalue weighted by molar-refractivity contribution is -0.124. The monoisotopic (exact) mass is 338 g/mol. The smallest absolute Gasteiger partial charge is 0.224 e. The Balaban J connectivity index is 1.44. The average Bonchev–Trinajstić information content (AvgIpc) is 3.05. The minimum Gasteiger partial charge on any atom is -0.356 e. The number of aryl methyl sites for hydroxylation is 1. The third-order valence-electron chi connectivity index (χ3n) is 3.81. The maximum absolute atomic E-state index is 11.9. The van der Waals surface area contributed by atoms with Gasteiger partial charge in [0.25, 0.3) is 0 Å². The van der Waals surface area contributed by atoms with E-state index in [9.17, 15) is 13.2 Å². The fraction of sp³-hybridized carbons (Fsp3) is 0.467. The molecule has 1 amide bonds. The van der Waals surface area contributed by atoms with Gasteiger partial charge in [0.1, 0.15) is 0 Å². The van der Waals surface area contributed by atoms with Crippen molar-refractivity contribution in [2.45, 2.75) is 19.3 Å². The minimum absolute atomic E-state index is 0.00327.